The molecule has 2 rings (SSSR count). The average Bonchev–Trinajstić information content (AvgIpc) is 2.65. The average molecular weight is 249 g/mol. The summed E-state index contributed by atoms with van der Waals surface area (Å²) in [5.41, 5.74) is 0. The molecule has 0 bridgehead atoms. The zero-order valence-corrected chi connectivity index (χ0v) is 11.5. The van der Waals surface area contributed by atoms with Gasteiger partial charge in [0.15, 0.2) is 0 Å². The number of nitrogens with zero attached hydrogens (tertiary/aromatic N) is 2. The van der Waals surface area contributed by atoms with Crippen LogP contribution in [-0.4, -0.2) is 37.1 Å². The minimum atomic E-state index is 0.244. The second-order valence-electron chi connectivity index (χ2n) is 5.84. The molecule has 0 aromatic heterocycles. The molecule has 0 aromatic rings. The molecule has 1 heterocycles. The van der Waals surface area contributed by atoms with Crippen LogP contribution in [0.15, 0.2) is 0 Å². The van der Waals surface area contributed by atoms with Gasteiger partial charge in [-0.2, -0.15) is 5.26 Å². The van der Waals surface area contributed by atoms with Crippen molar-refractivity contribution in [2.45, 2.75) is 57.4 Å². The predicted octanol–water partition coefficient (Wildman–Crippen LogP) is 2.53. The third-order valence-electron chi connectivity index (χ3n) is 4.47. The van der Waals surface area contributed by atoms with Gasteiger partial charge in [-0.25, -0.2) is 0 Å². The van der Waals surface area contributed by atoms with Crippen LogP contribution >= 0.6 is 0 Å². The minimum absolute atomic E-state index is 0.244. The van der Waals surface area contributed by atoms with Crippen molar-refractivity contribution in [3.8, 4) is 6.07 Å². The number of hydrogen-bond donors (Lipinski definition) is 1. The van der Waals surface area contributed by atoms with Crippen LogP contribution in [0.3, 0.4) is 0 Å². The summed E-state index contributed by atoms with van der Waals surface area (Å²) in [6, 6.07) is 2.95. The smallest absolute Gasteiger partial charge is 0.0672 e. The lowest BCUT2D eigenvalue weighted by molar-refractivity contribution is 0.223. The molecule has 3 heteroatoms. The second-order valence-corrected chi connectivity index (χ2v) is 5.84. The van der Waals surface area contributed by atoms with Crippen LogP contribution in [0.5, 0.6) is 0 Å². The summed E-state index contributed by atoms with van der Waals surface area (Å²) in [6.45, 7) is 4.76. The topological polar surface area (TPSA) is 39.1 Å². The summed E-state index contributed by atoms with van der Waals surface area (Å²) in [6.07, 6.45) is 10.3. The molecule has 3 nitrogen and oxygen atoms in total. The van der Waals surface area contributed by atoms with Gasteiger partial charge in [0.2, 0.25) is 0 Å². The highest BCUT2D eigenvalue weighted by Gasteiger charge is 2.22. The fourth-order valence-corrected chi connectivity index (χ4v) is 3.30. The van der Waals surface area contributed by atoms with Crippen LogP contribution in [0.4, 0.5) is 0 Å². The molecule has 2 unspecified atom stereocenters. The maximum Gasteiger partial charge on any atom is 0.0672 e. The van der Waals surface area contributed by atoms with Crippen LogP contribution in [0.1, 0.15) is 51.4 Å². The SMILES string of the molecule is N#CC1CCCCCC1NCCN1CCCCC1. The number of piperidine rings is 1. The molecule has 2 atom stereocenters. The van der Waals surface area contributed by atoms with Crippen molar-refractivity contribution >= 4 is 0 Å². The molecular formula is C15H27N3. The van der Waals surface area contributed by atoms with Gasteiger partial charge >= 0.3 is 0 Å². The van der Waals surface area contributed by atoms with E-state index in [9.17, 15) is 5.26 Å². The Morgan fingerprint density at radius 1 is 1.00 bits per heavy atom. The monoisotopic (exact) mass is 249 g/mol. The predicted molar refractivity (Wildman–Crippen MR) is 74.3 cm³/mol. The Hall–Kier alpha value is -0.590. The second kappa shape index (κ2) is 7.76. The van der Waals surface area contributed by atoms with Gasteiger partial charge in [0.25, 0.3) is 0 Å². The van der Waals surface area contributed by atoms with E-state index in [1.807, 2.05) is 0 Å². The maximum atomic E-state index is 9.23. The third kappa shape index (κ3) is 4.26. The fourth-order valence-electron chi connectivity index (χ4n) is 3.30. The molecule has 1 N–H and O–H groups in total. The molecule has 1 saturated heterocycles. The quantitative estimate of drug-likeness (QED) is 0.778. The lowest BCUT2D eigenvalue weighted by Gasteiger charge is -2.28. The zero-order chi connectivity index (χ0) is 12.6. The van der Waals surface area contributed by atoms with Crippen LogP contribution < -0.4 is 5.32 Å². The Kier molecular flexibility index (Phi) is 5.96. The zero-order valence-electron chi connectivity index (χ0n) is 11.5. The molecule has 0 radical (unpaired) electrons. The van der Waals surface area contributed by atoms with Crippen LogP contribution in [0.25, 0.3) is 0 Å². The van der Waals surface area contributed by atoms with E-state index >= 15 is 0 Å². The van der Waals surface area contributed by atoms with Gasteiger partial charge in [-0.05, 0) is 38.8 Å². The molecule has 0 amide bonds. The molecule has 18 heavy (non-hydrogen) atoms. The maximum absolute atomic E-state index is 9.23. The third-order valence-corrected chi connectivity index (χ3v) is 4.47. The van der Waals surface area contributed by atoms with E-state index < -0.39 is 0 Å². The van der Waals surface area contributed by atoms with Gasteiger partial charge in [-0.15, -0.1) is 0 Å². The van der Waals surface area contributed by atoms with Gasteiger partial charge in [0.05, 0.1) is 12.0 Å². The lowest BCUT2D eigenvalue weighted by Crippen LogP contribution is -2.41. The van der Waals surface area contributed by atoms with Crippen molar-refractivity contribution in [3.05, 3.63) is 0 Å². The Bertz CT molecular complexity index is 265. The number of hydrogen-bond acceptors (Lipinski definition) is 3. The first-order chi connectivity index (χ1) is 8.90. The molecule has 1 aliphatic carbocycles. The van der Waals surface area contributed by atoms with E-state index in [1.165, 1.54) is 58.0 Å². The first kappa shape index (κ1) is 13.8. The van der Waals surface area contributed by atoms with Gasteiger partial charge in [-0.1, -0.05) is 25.7 Å². The van der Waals surface area contributed by atoms with Crippen LogP contribution in [-0.2, 0) is 0 Å². The Morgan fingerprint density at radius 3 is 2.50 bits per heavy atom. The summed E-state index contributed by atoms with van der Waals surface area (Å²) in [5.74, 6) is 0.244. The number of nitrogens with one attached hydrogen (secondary N) is 1. The van der Waals surface area contributed by atoms with Crippen molar-refractivity contribution in [2.75, 3.05) is 26.2 Å². The van der Waals surface area contributed by atoms with Gasteiger partial charge < -0.3 is 10.2 Å². The van der Waals surface area contributed by atoms with Gasteiger partial charge in [0, 0.05) is 19.1 Å². The van der Waals surface area contributed by atoms with Gasteiger partial charge in [-0.3, -0.25) is 0 Å². The van der Waals surface area contributed by atoms with Crippen molar-refractivity contribution in [3.63, 3.8) is 0 Å². The normalized spacial score (nSPS) is 30.6. The standard InChI is InChI=1S/C15H27N3/c16-13-14-7-3-1-4-8-15(14)17-9-12-18-10-5-2-6-11-18/h14-15,17H,1-12H2. The summed E-state index contributed by atoms with van der Waals surface area (Å²) in [5, 5.41) is 12.9. The number of nitriles is 1. The Balaban J connectivity index is 1.68. The first-order valence-corrected chi connectivity index (χ1v) is 7.75. The van der Waals surface area contributed by atoms with E-state index in [1.54, 1.807) is 0 Å². The van der Waals surface area contributed by atoms with Crippen molar-refractivity contribution < 1.29 is 0 Å². The minimum Gasteiger partial charge on any atom is -0.311 e. The van der Waals surface area contributed by atoms with Crippen molar-refractivity contribution in [2.24, 2.45) is 5.92 Å². The molecule has 2 fully saturated rings. The fraction of sp³-hybridized carbons (Fsp3) is 0.933. The Labute approximate surface area is 112 Å². The molecule has 2 aliphatic rings. The highest BCUT2D eigenvalue weighted by molar-refractivity contribution is 4.93. The van der Waals surface area contributed by atoms with Crippen molar-refractivity contribution in [1.82, 2.24) is 10.2 Å². The van der Waals surface area contributed by atoms with E-state index in [0.717, 1.165) is 19.5 Å². The van der Waals surface area contributed by atoms with E-state index in [4.69, 9.17) is 0 Å². The number of rotatable bonds is 4. The molecular weight excluding hydrogens is 222 g/mol. The highest BCUT2D eigenvalue weighted by Crippen LogP contribution is 2.22. The van der Waals surface area contributed by atoms with Crippen molar-refractivity contribution in [1.29, 1.82) is 5.26 Å². The van der Waals surface area contributed by atoms with Crippen LogP contribution in [0.2, 0.25) is 0 Å². The summed E-state index contributed by atoms with van der Waals surface area (Å²) >= 11 is 0. The van der Waals surface area contributed by atoms with Crippen LogP contribution in [0, 0.1) is 17.2 Å². The molecule has 1 saturated carbocycles. The summed E-state index contributed by atoms with van der Waals surface area (Å²) in [4.78, 5) is 2.56. The van der Waals surface area contributed by atoms with E-state index in [0.29, 0.717) is 6.04 Å². The molecule has 0 spiro atoms. The molecule has 0 aromatic carbocycles. The summed E-state index contributed by atoms with van der Waals surface area (Å²) < 4.78 is 0. The number of likely N-dealkylation sites (tertiary alicyclic amines) is 1. The molecule has 102 valence electrons. The van der Waals surface area contributed by atoms with Gasteiger partial charge in [0.1, 0.15) is 0 Å². The first-order valence-electron chi connectivity index (χ1n) is 7.75. The largest absolute Gasteiger partial charge is 0.311 e. The lowest BCUT2D eigenvalue weighted by atomic mass is 9.96. The Morgan fingerprint density at radius 2 is 1.72 bits per heavy atom. The van der Waals surface area contributed by atoms with E-state index in [-0.39, 0.29) is 5.92 Å². The molecule has 1 aliphatic heterocycles. The highest BCUT2D eigenvalue weighted by atomic mass is 15.1. The van der Waals surface area contributed by atoms with E-state index in [2.05, 4.69) is 16.3 Å². The summed E-state index contributed by atoms with van der Waals surface area (Å²) in [7, 11) is 0.